The third-order valence-electron chi connectivity index (χ3n) is 3.01. The van der Waals surface area contributed by atoms with E-state index in [2.05, 4.69) is 15.4 Å². The van der Waals surface area contributed by atoms with Gasteiger partial charge in [-0.2, -0.15) is 4.80 Å². The van der Waals surface area contributed by atoms with Crippen LogP contribution in [0.3, 0.4) is 0 Å². The van der Waals surface area contributed by atoms with Gasteiger partial charge >= 0.3 is 0 Å². The molecule has 1 heterocycles. The summed E-state index contributed by atoms with van der Waals surface area (Å²) < 4.78 is 0. The quantitative estimate of drug-likeness (QED) is 0.678. The lowest BCUT2D eigenvalue weighted by Gasteiger charge is -2.33. The molecule has 15 heavy (non-hydrogen) atoms. The van der Waals surface area contributed by atoms with Crippen LogP contribution in [-0.4, -0.2) is 38.5 Å². The standard InChI is InChI=1S/C9H19N5O/c1-7(2)9(5-10,6-15)4-8-11-13-14(3)12-8/h7,15H,4-6,10H2,1-3H3. The summed E-state index contributed by atoms with van der Waals surface area (Å²) in [5, 5.41) is 21.2. The third kappa shape index (κ3) is 2.51. The average Bonchev–Trinajstić information content (AvgIpc) is 2.60. The normalized spacial score (nSPS) is 15.6. The van der Waals surface area contributed by atoms with E-state index in [4.69, 9.17) is 5.73 Å². The van der Waals surface area contributed by atoms with Crippen LogP contribution in [-0.2, 0) is 13.5 Å². The number of nitrogens with zero attached hydrogens (tertiary/aromatic N) is 4. The molecule has 0 fully saturated rings. The molecule has 0 spiro atoms. The van der Waals surface area contributed by atoms with E-state index < -0.39 is 0 Å². The molecule has 0 bridgehead atoms. The summed E-state index contributed by atoms with van der Waals surface area (Å²) in [5.41, 5.74) is 5.39. The van der Waals surface area contributed by atoms with Crippen molar-refractivity contribution in [3.63, 3.8) is 0 Å². The van der Waals surface area contributed by atoms with Crippen molar-refractivity contribution in [3.8, 4) is 0 Å². The van der Waals surface area contributed by atoms with Gasteiger partial charge in [0.1, 0.15) is 0 Å². The highest BCUT2D eigenvalue weighted by Gasteiger charge is 2.33. The molecule has 0 saturated heterocycles. The maximum Gasteiger partial charge on any atom is 0.175 e. The molecule has 1 atom stereocenters. The Bertz CT molecular complexity index is 305. The monoisotopic (exact) mass is 213 g/mol. The number of aliphatic hydroxyl groups excluding tert-OH is 1. The topological polar surface area (TPSA) is 89.9 Å². The van der Waals surface area contributed by atoms with Crippen LogP contribution >= 0.6 is 0 Å². The van der Waals surface area contributed by atoms with Crippen LogP contribution in [0.2, 0.25) is 0 Å². The van der Waals surface area contributed by atoms with Crippen LogP contribution in [0.15, 0.2) is 0 Å². The van der Waals surface area contributed by atoms with E-state index >= 15 is 0 Å². The van der Waals surface area contributed by atoms with Crippen molar-refractivity contribution in [1.82, 2.24) is 20.2 Å². The van der Waals surface area contributed by atoms with Crippen LogP contribution in [0, 0.1) is 11.3 Å². The molecular formula is C9H19N5O. The Morgan fingerprint density at radius 3 is 2.53 bits per heavy atom. The molecule has 0 aliphatic heterocycles. The summed E-state index contributed by atoms with van der Waals surface area (Å²) in [6.07, 6.45) is 0.561. The van der Waals surface area contributed by atoms with Gasteiger partial charge in [-0.1, -0.05) is 13.8 Å². The number of nitrogens with two attached hydrogens (primary N) is 1. The Labute approximate surface area is 89.5 Å². The van der Waals surface area contributed by atoms with Crippen molar-refractivity contribution in [1.29, 1.82) is 0 Å². The van der Waals surface area contributed by atoms with Crippen molar-refractivity contribution in [2.24, 2.45) is 24.1 Å². The molecule has 1 aromatic heterocycles. The minimum Gasteiger partial charge on any atom is -0.396 e. The predicted octanol–water partition coefficient (Wildman–Crippen LogP) is -0.654. The van der Waals surface area contributed by atoms with Crippen molar-refractivity contribution >= 4 is 0 Å². The Balaban J connectivity index is 2.83. The van der Waals surface area contributed by atoms with Gasteiger partial charge < -0.3 is 10.8 Å². The Morgan fingerprint density at radius 2 is 2.20 bits per heavy atom. The van der Waals surface area contributed by atoms with E-state index in [1.807, 2.05) is 13.8 Å². The molecule has 86 valence electrons. The summed E-state index contributed by atoms with van der Waals surface area (Å²) in [7, 11) is 1.72. The summed E-state index contributed by atoms with van der Waals surface area (Å²) >= 11 is 0. The molecule has 3 N–H and O–H groups in total. The van der Waals surface area contributed by atoms with Crippen molar-refractivity contribution in [2.75, 3.05) is 13.2 Å². The Morgan fingerprint density at radius 1 is 1.53 bits per heavy atom. The van der Waals surface area contributed by atoms with Crippen molar-refractivity contribution in [3.05, 3.63) is 5.82 Å². The molecule has 1 rings (SSSR count). The minimum atomic E-state index is -0.344. The number of aromatic nitrogens is 4. The number of tetrazole rings is 1. The number of hydrogen-bond donors (Lipinski definition) is 2. The van der Waals surface area contributed by atoms with E-state index in [0.29, 0.717) is 18.8 Å². The fraction of sp³-hybridized carbons (Fsp3) is 0.889. The average molecular weight is 213 g/mol. The van der Waals surface area contributed by atoms with Crippen LogP contribution in [0.5, 0.6) is 0 Å². The van der Waals surface area contributed by atoms with Gasteiger partial charge in [0.2, 0.25) is 0 Å². The van der Waals surface area contributed by atoms with E-state index in [9.17, 15) is 5.11 Å². The van der Waals surface area contributed by atoms with Gasteiger partial charge in [-0.15, -0.1) is 10.2 Å². The smallest absolute Gasteiger partial charge is 0.175 e. The molecule has 0 aliphatic rings. The van der Waals surface area contributed by atoms with E-state index in [1.165, 1.54) is 4.80 Å². The van der Waals surface area contributed by atoms with Crippen molar-refractivity contribution in [2.45, 2.75) is 20.3 Å². The second-order valence-corrected chi connectivity index (χ2v) is 4.25. The second kappa shape index (κ2) is 4.67. The first kappa shape index (κ1) is 12.1. The highest BCUT2D eigenvalue weighted by Crippen LogP contribution is 2.28. The molecule has 0 radical (unpaired) electrons. The van der Waals surface area contributed by atoms with Crippen LogP contribution < -0.4 is 5.73 Å². The van der Waals surface area contributed by atoms with Crippen LogP contribution in [0.1, 0.15) is 19.7 Å². The zero-order valence-corrected chi connectivity index (χ0v) is 9.51. The van der Waals surface area contributed by atoms with Crippen LogP contribution in [0.4, 0.5) is 0 Å². The van der Waals surface area contributed by atoms with E-state index in [-0.39, 0.29) is 17.9 Å². The van der Waals surface area contributed by atoms with E-state index in [1.54, 1.807) is 7.05 Å². The van der Waals surface area contributed by atoms with Gasteiger partial charge in [0.25, 0.3) is 0 Å². The highest BCUT2D eigenvalue weighted by atomic mass is 16.3. The van der Waals surface area contributed by atoms with Gasteiger partial charge in [0.15, 0.2) is 5.82 Å². The second-order valence-electron chi connectivity index (χ2n) is 4.25. The molecule has 0 aliphatic carbocycles. The minimum absolute atomic E-state index is 0.0411. The predicted molar refractivity (Wildman–Crippen MR) is 55.9 cm³/mol. The Kier molecular flexibility index (Phi) is 3.76. The fourth-order valence-electron chi connectivity index (χ4n) is 1.52. The summed E-state index contributed by atoms with van der Waals surface area (Å²) in [4.78, 5) is 1.41. The SMILES string of the molecule is CC(C)C(CN)(CO)Cc1nnn(C)n1. The molecule has 0 aromatic carbocycles. The highest BCUT2D eigenvalue weighted by molar-refractivity contribution is 4.93. The zero-order chi connectivity index (χ0) is 11.5. The summed E-state index contributed by atoms with van der Waals surface area (Å²) in [6.45, 7) is 4.54. The summed E-state index contributed by atoms with van der Waals surface area (Å²) in [6, 6.07) is 0. The molecular weight excluding hydrogens is 194 g/mol. The first-order chi connectivity index (χ1) is 7.04. The molecule has 6 heteroatoms. The third-order valence-corrected chi connectivity index (χ3v) is 3.01. The number of rotatable bonds is 5. The summed E-state index contributed by atoms with van der Waals surface area (Å²) in [5.74, 6) is 0.905. The molecule has 6 nitrogen and oxygen atoms in total. The molecule has 1 unspecified atom stereocenters. The zero-order valence-electron chi connectivity index (χ0n) is 9.51. The van der Waals surface area contributed by atoms with E-state index in [0.717, 1.165) is 0 Å². The number of hydrogen-bond acceptors (Lipinski definition) is 5. The molecule has 0 amide bonds. The van der Waals surface area contributed by atoms with Crippen molar-refractivity contribution < 1.29 is 5.11 Å². The lowest BCUT2D eigenvalue weighted by Crippen LogP contribution is -2.41. The molecule has 0 saturated carbocycles. The lowest BCUT2D eigenvalue weighted by atomic mass is 9.75. The Hall–Kier alpha value is -1.01. The van der Waals surface area contributed by atoms with Gasteiger partial charge in [0, 0.05) is 18.4 Å². The van der Waals surface area contributed by atoms with Gasteiger partial charge in [-0.05, 0) is 11.1 Å². The first-order valence-electron chi connectivity index (χ1n) is 5.08. The fourth-order valence-corrected chi connectivity index (χ4v) is 1.52. The first-order valence-corrected chi connectivity index (χ1v) is 5.08. The van der Waals surface area contributed by atoms with Crippen LogP contribution in [0.25, 0.3) is 0 Å². The van der Waals surface area contributed by atoms with Gasteiger partial charge in [-0.25, -0.2) is 0 Å². The lowest BCUT2D eigenvalue weighted by molar-refractivity contribution is 0.0821. The van der Waals surface area contributed by atoms with Gasteiger partial charge in [0.05, 0.1) is 13.7 Å². The van der Waals surface area contributed by atoms with Gasteiger partial charge in [-0.3, -0.25) is 0 Å². The maximum atomic E-state index is 9.45. The number of aliphatic hydroxyl groups is 1. The largest absolute Gasteiger partial charge is 0.396 e. The molecule has 1 aromatic rings. The maximum absolute atomic E-state index is 9.45. The number of aryl methyl sites for hydroxylation is 1.